The van der Waals surface area contributed by atoms with Gasteiger partial charge >= 0.3 is 0 Å². The maximum absolute atomic E-state index is 5.36. The van der Waals surface area contributed by atoms with Gasteiger partial charge in [0.15, 0.2) is 17.5 Å². The van der Waals surface area contributed by atoms with Crippen LogP contribution in [0.4, 0.5) is 0 Å². The summed E-state index contributed by atoms with van der Waals surface area (Å²) < 4.78 is 13.4. The molecule has 2 rings (SSSR count). The van der Waals surface area contributed by atoms with Crippen LogP contribution >= 0.6 is 39.9 Å². The lowest BCUT2D eigenvalue weighted by Gasteiger charge is -2.14. The van der Waals surface area contributed by atoms with Crippen molar-refractivity contribution in [2.45, 2.75) is 13.1 Å². The summed E-state index contributed by atoms with van der Waals surface area (Å²) in [6.07, 6.45) is 1.77. The van der Waals surface area contributed by atoms with E-state index >= 15 is 0 Å². The van der Waals surface area contributed by atoms with Crippen LogP contribution in [0.2, 0.25) is 0 Å². The third kappa shape index (κ3) is 5.77. The summed E-state index contributed by atoms with van der Waals surface area (Å²) in [5, 5.41) is 10.7. The van der Waals surface area contributed by atoms with E-state index in [9.17, 15) is 0 Å². The Kier molecular flexibility index (Phi) is 9.04. The molecule has 0 unspecified atom stereocenters. The number of guanidine groups is 1. The molecule has 0 fully saturated rings. The predicted octanol–water partition coefficient (Wildman–Crippen LogP) is 2.68. The van der Waals surface area contributed by atoms with Crippen molar-refractivity contribution in [3.05, 3.63) is 40.1 Å². The molecule has 0 bridgehead atoms. The quantitative estimate of drug-likeness (QED) is 0.346. The molecule has 0 aliphatic rings. The third-order valence-electron chi connectivity index (χ3n) is 3.54. The van der Waals surface area contributed by atoms with Crippen LogP contribution in [-0.4, -0.2) is 37.0 Å². The molecule has 2 N–H and O–H groups in total. The molecule has 1 aromatic carbocycles. The molecule has 0 aliphatic heterocycles. The largest absolute Gasteiger partial charge is 0.493 e. The molecule has 0 aliphatic carbocycles. The molecule has 1 heterocycles. The summed E-state index contributed by atoms with van der Waals surface area (Å²) in [6, 6.07) is 5.89. The highest BCUT2D eigenvalue weighted by Gasteiger charge is 2.11. The highest BCUT2D eigenvalue weighted by atomic mass is 127. The first-order chi connectivity index (χ1) is 11.6. The normalized spacial score (nSPS) is 10.8. The zero-order chi connectivity index (χ0) is 17.5. The number of benzene rings is 1. The zero-order valence-electron chi connectivity index (χ0n) is 14.7. The Labute approximate surface area is 173 Å². The molecule has 7 nitrogen and oxygen atoms in total. The Morgan fingerprint density at radius 2 is 1.96 bits per heavy atom. The van der Waals surface area contributed by atoms with Gasteiger partial charge in [0.05, 0.1) is 30.9 Å². The fourth-order valence-electron chi connectivity index (χ4n) is 2.23. The van der Waals surface area contributed by atoms with Crippen molar-refractivity contribution in [2.75, 3.05) is 21.3 Å². The van der Waals surface area contributed by atoms with Crippen LogP contribution in [0.3, 0.4) is 0 Å². The summed E-state index contributed by atoms with van der Waals surface area (Å²) >= 11 is 3.50. The maximum atomic E-state index is 5.36. The number of nitrogens with one attached hydrogen (secondary N) is 2. The average Bonchev–Trinajstić information content (AvgIpc) is 2.99. The predicted molar refractivity (Wildman–Crippen MR) is 113 cm³/mol. The van der Waals surface area contributed by atoms with E-state index in [0.29, 0.717) is 30.5 Å². The van der Waals surface area contributed by atoms with Crippen LogP contribution in [0.25, 0.3) is 0 Å². The van der Waals surface area contributed by atoms with Crippen LogP contribution in [0.5, 0.6) is 11.5 Å². The van der Waals surface area contributed by atoms with Crippen LogP contribution in [0.1, 0.15) is 11.3 Å². The number of ether oxygens (including phenoxy) is 2. The molecule has 25 heavy (non-hydrogen) atoms. The number of rotatable bonds is 6. The van der Waals surface area contributed by atoms with Crippen molar-refractivity contribution in [1.82, 2.24) is 20.4 Å². The fourth-order valence-corrected chi connectivity index (χ4v) is 2.88. The monoisotopic (exact) mass is 523 g/mol. The molecule has 2 aromatic rings. The number of methoxy groups -OCH3 is 2. The van der Waals surface area contributed by atoms with Gasteiger partial charge in [-0.05, 0) is 39.7 Å². The zero-order valence-corrected chi connectivity index (χ0v) is 18.6. The van der Waals surface area contributed by atoms with Crippen molar-refractivity contribution < 1.29 is 9.47 Å². The third-order valence-corrected chi connectivity index (χ3v) is 4.13. The van der Waals surface area contributed by atoms with E-state index in [1.165, 1.54) is 0 Å². The van der Waals surface area contributed by atoms with E-state index in [4.69, 9.17) is 9.47 Å². The fraction of sp³-hybridized carbons (Fsp3) is 0.375. The number of hydrogen-bond acceptors (Lipinski definition) is 4. The highest BCUT2D eigenvalue weighted by Crippen LogP contribution is 2.36. The lowest BCUT2D eigenvalue weighted by atomic mass is 10.2. The van der Waals surface area contributed by atoms with Gasteiger partial charge in [-0.3, -0.25) is 9.67 Å². The second kappa shape index (κ2) is 10.5. The second-order valence-corrected chi connectivity index (χ2v) is 5.89. The molecule has 0 saturated heterocycles. The molecule has 0 radical (unpaired) electrons. The first-order valence-corrected chi connectivity index (χ1v) is 8.20. The molecule has 138 valence electrons. The number of halogens is 2. The van der Waals surface area contributed by atoms with Gasteiger partial charge in [0, 0.05) is 26.8 Å². The number of aromatic nitrogens is 2. The van der Waals surface area contributed by atoms with Crippen molar-refractivity contribution in [1.29, 1.82) is 0 Å². The van der Waals surface area contributed by atoms with Crippen molar-refractivity contribution in [2.24, 2.45) is 12.0 Å². The van der Waals surface area contributed by atoms with Gasteiger partial charge in [-0.1, -0.05) is 0 Å². The Balaban J connectivity index is 0.00000312. The summed E-state index contributed by atoms with van der Waals surface area (Å²) in [7, 11) is 6.89. The molecule has 0 amide bonds. The highest BCUT2D eigenvalue weighted by molar-refractivity contribution is 14.0. The van der Waals surface area contributed by atoms with Crippen molar-refractivity contribution in [3.8, 4) is 11.5 Å². The molecule has 0 spiro atoms. The lowest BCUT2D eigenvalue weighted by Crippen LogP contribution is -2.36. The van der Waals surface area contributed by atoms with Crippen LogP contribution in [0, 0.1) is 0 Å². The SMILES string of the molecule is CN=C(NCc1cc(Br)c(OC)c(OC)c1)NCc1ccnn1C.I. The van der Waals surface area contributed by atoms with E-state index in [2.05, 4.69) is 36.7 Å². The van der Waals surface area contributed by atoms with E-state index < -0.39 is 0 Å². The van der Waals surface area contributed by atoms with Gasteiger partial charge in [-0.15, -0.1) is 24.0 Å². The minimum atomic E-state index is 0. The number of hydrogen-bond donors (Lipinski definition) is 2. The minimum absolute atomic E-state index is 0. The maximum Gasteiger partial charge on any atom is 0.191 e. The Bertz CT molecular complexity index is 721. The van der Waals surface area contributed by atoms with Gasteiger partial charge in [-0.25, -0.2) is 0 Å². The molecule has 0 atom stereocenters. The van der Waals surface area contributed by atoms with E-state index in [-0.39, 0.29) is 24.0 Å². The standard InChI is InChI=1S/C16H22BrN5O2.HI/c1-18-16(20-10-12-5-6-21-22(12)2)19-9-11-7-13(17)15(24-4)14(8-11)23-3;/h5-8H,9-10H2,1-4H3,(H2,18,19,20);1H. The van der Waals surface area contributed by atoms with Crippen LogP contribution < -0.4 is 20.1 Å². The Morgan fingerprint density at radius 1 is 1.24 bits per heavy atom. The number of aliphatic imine (C=N–C) groups is 1. The molecular weight excluding hydrogens is 501 g/mol. The summed E-state index contributed by atoms with van der Waals surface area (Å²) in [5.74, 6) is 2.07. The van der Waals surface area contributed by atoms with Gasteiger partial charge < -0.3 is 20.1 Å². The van der Waals surface area contributed by atoms with Gasteiger partial charge in [-0.2, -0.15) is 5.10 Å². The smallest absolute Gasteiger partial charge is 0.191 e. The number of nitrogens with zero attached hydrogens (tertiary/aromatic N) is 3. The van der Waals surface area contributed by atoms with Gasteiger partial charge in [0.25, 0.3) is 0 Å². The van der Waals surface area contributed by atoms with Crippen molar-refractivity contribution in [3.63, 3.8) is 0 Å². The van der Waals surface area contributed by atoms with Gasteiger partial charge in [0.1, 0.15) is 0 Å². The van der Waals surface area contributed by atoms with E-state index in [1.54, 1.807) is 27.5 Å². The summed E-state index contributed by atoms with van der Waals surface area (Å²) in [6.45, 7) is 1.25. The summed E-state index contributed by atoms with van der Waals surface area (Å²) in [5.41, 5.74) is 2.12. The minimum Gasteiger partial charge on any atom is -0.493 e. The topological polar surface area (TPSA) is 72.7 Å². The lowest BCUT2D eigenvalue weighted by molar-refractivity contribution is 0.352. The first-order valence-electron chi connectivity index (χ1n) is 7.40. The van der Waals surface area contributed by atoms with Crippen LogP contribution in [-0.2, 0) is 20.1 Å². The summed E-state index contributed by atoms with van der Waals surface area (Å²) in [4.78, 5) is 4.23. The molecule has 9 heteroatoms. The molecule has 1 aromatic heterocycles. The van der Waals surface area contributed by atoms with E-state index in [1.807, 2.05) is 29.9 Å². The second-order valence-electron chi connectivity index (χ2n) is 5.04. The Morgan fingerprint density at radius 3 is 2.52 bits per heavy atom. The Hall–Kier alpha value is -1.49. The van der Waals surface area contributed by atoms with Gasteiger partial charge in [0.2, 0.25) is 0 Å². The first kappa shape index (κ1) is 21.6. The van der Waals surface area contributed by atoms with Crippen LogP contribution in [0.15, 0.2) is 33.9 Å². The van der Waals surface area contributed by atoms with Crippen molar-refractivity contribution >= 4 is 45.9 Å². The number of aryl methyl sites for hydroxylation is 1. The molecular formula is C16H23BrIN5O2. The van der Waals surface area contributed by atoms with E-state index in [0.717, 1.165) is 15.7 Å². The molecule has 0 saturated carbocycles. The average molecular weight is 524 g/mol.